The Morgan fingerprint density at radius 1 is 1.21 bits per heavy atom. The van der Waals surface area contributed by atoms with Crippen LogP contribution in [0, 0.1) is 0 Å². The van der Waals surface area contributed by atoms with E-state index in [0.717, 1.165) is 10.9 Å². The van der Waals surface area contributed by atoms with Crippen LogP contribution < -0.4 is 5.73 Å². The highest BCUT2D eigenvalue weighted by Gasteiger charge is 2.12. The van der Waals surface area contributed by atoms with Gasteiger partial charge in [0.15, 0.2) is 5.78 Å². The van der Waals surface area contributed by atoms with Crippen LogP contribution in [0.25, 0.3) is 10.9 Å². The van der Waals surface area contributed by atoms with E-state index in [4.69, 9.17) is 10.2 Å². The molecule has 0 unspecified atom stereocenters. The Bertz CT molecular complexity index is 733. The van der Waals surface area contributed by atoms with Crippen molar-refractivity contribution in [2.24, 2.45) is 0 Å². The van der Waals surface area contributed by atoms with Crippen LogP contribution in [-0.4, -0.2) is 10.8 Å². The van der Waals surface area contributed by atoms with Crippen molar-refractivity contribution >= 4 is 22.4 Å². The van der Waals surface area contributed by atoms with Gasteiger partial charge >= 0.3 is 0 Å². The summed E-state index contributed by atoms with van der Waals surface area (Å²) in [5.74, 6) is 0.519. The molecule has 0 atom stereocenters. The molecule has 1 aromatic carbocycles. The van der Waals surface area contributed by atoms with Crippen molar-refractivity contribution < 1.29 is 9.21 Å². The maximum Gasteiger partial charge on any atom is 0.188 e. The highest BCUT2D eigenvalue weighted by Crippen LogP contribution is 2.20. The lowest BCUT2D eigenvalue weighted by molar-refractivity contribution is 0.0982. The maximum atomic E-state index is 12.1. The third-order valence-electron chi connectivity index (χ3n) is 2.95. The van der Waals surface area contributed by atoms with Gasteiger partial charge in [-0.2, -0.15) is 0 Å². The summed E-state index contributed by atoms with van der Waals surface area (Å²) in [6.07, 6.45) is 1.74. The molecule has 4 nitrogen and oxygen atoms in total. The monoisotopic (exact) mass is 252 g/mol. The van der Waals surface area contributed by atoms with E-state index >= 15 is 0 Å². The van der Waals surface area contributed by atoms with Gasteiger partial charge in [-0.05, 0) is 24.3 Å². The number of nitrogens with two attached hydrogens (primary N) is 1. The second-order valence-corrected chi connectivity index (χ2v) is 4.29. The number of furan rings is 1. The fourth-order valence-electron chi connectivity index (χ4n) is 2.01. The quantitative estimate of drug-likeness (QED) is 0.728. The first-order valence-electron chi connectivity index (χ1n) is 5.95. The topological polar surface area (TPSA) is 69.1 Å². The van der Waals surface area contributed by atoms with Gasteiger partial charge in [0.1, 0.15) is 11.5 Å². The van der Waals surface area contributed by atoms with E-state index in [-0.39, 0.29) is 12.2 Å². The molecule has 0 aliphatic heterocycles. The summed E-state index contributed by atoms with van der Waals surface area (Å²) < 4.78 is 5.16. The minimum atomic E-state index is -0.104. The first kappa shape index (κ1) is 11.5. The molecule has 19 heavy (non-hydrogen) atoms. The molecule has 3 aromatic rings. The number of nitrogen functional groups attached to an aromatic ring is 1. The molecule has 94 valence electrons. The Hall–Kier alpha value is -2.62. The van der Waals surface area contributed by atoms with E-state index in [1.54, 1.807) is 24.5 Å². The summed E-state index contributed by atoms with van der Waals surface area (Å²) in [6.45, 7) is 0. The molecule has 0 saturated heterocycles. The number of fused-ring (bicyclic) bond motifs is 1. The van der Waals surface area contributed by atoms with Gasteiger partial charge in [0.2, 0.25) is 0 Å². The van der Waals surface area contributed by atoms with Crippen molar-refractivity contribution in [1.82, 2.24) is 4.98 Å². The lowest BCUT2D eigenvalue weighted by Crippen LogP contribution is -2.06. The normalized spacial score (nSPS) is 10.7. The second kappa shape index (κ2) is 4.57. The summed E-state index contributed by atoms with van der Waals surface area (Å²) in [5, 5.41) is 0.858. The summed E-state index contributed by atoms with van der Waals surface area (Å²) in [5.41, 5.74) is 7.61. The van der Waals surface area contributed by atoms with Crippen molar-refractivity contribution in [2.75, 3.05) is 5.73 Å². The molecular formula is C15H12N2O2. The van der Waals surface area contributed by atoms with Crippen LogP contribution in [0.4, 0.5) is 5.69 Å². The summed E-state index contributed by atoms with van der Waals surface area (Å²) >= 11 is 0. The number of pyridine rings is 1. The van der Waals surface area contributed by atoms with Crippen LogP contribution in [0.1, 0.15) is 16.2 Å². The SMILES string of the molecule is Nc1cc(C(=O)Cc2ccco2)nc2ccccc12. The lowest BCUT2D eigenvalue weighted by atomic mass is 10.1. The molecule has 0 radical (unpaired) electrons. The maximum absolute atomic E-state index is 12.1. The number of carbonyl (C=O) groups is 1. The van der Waals surface area contributed by atoms with Gasteiger partial charge in [-0.15, -0.1) is 0 Å². The van der Waals surface area contributed by atoms with Crippen LogP contribution in [-0.2, 0) is 6.42 Å². The predicted molar refractivity (Wildman–Crippen MR) is 72.9 cm³/mol. The smallest absolute Gasteiger partial charge is 0.188 e. The van der Waals surface area contributed by atoms with E-state index < -0.39 is 0 Å². The number of Topliss-reactive ketones (excluding diaryl/α,β-unsaturated/α-hetero) is 1. The highest BCUT2D eigenvalue weighted by atomic mass is 16.3. The molecule has 0 bridgehead atoms. The van der Waals surface area contributed by atoms with Gasteiger partial charge in [0, 0.05) is 11.1 Å². The molecule has 3 rings (SSSR count). The number of aromatic nitrogens is 1. The summed E-state index contributed by atoms with van der Waals surface area (Å²) in [7, 11) is 0. The number of para-hydroxylation sites is 1. The molecule has 0 aliphatic rings. The lowest BCUT2D eigenvalue weighted by Gasteiger charge is -2.04. The number of carbonyl (C=O) groups excluding carboxylic acids is 1. The van der Waals surface area contributed by atoms with E-state index in [9.17, 15) is 4.79 Å². The zero-order chi connectivity index (χ0) is 13.2. The van der Waals surface area contributed by atoms with Crippen LogP contribution in [0.3, 0.4) is 0 Å². The molecule has 4 heteroatoms. The van der Waals surface area contributed by atoms with Crippen molar-refractivity contribution in [3.05, 3.63) is 60.2 Å². The Balaban J connectivity index is 1.98. The third-order valence-corrected chi connectivity index (χ3v) is 2.95. The van der Waals surface area contributed by atoms with Crippen LogP contribution >= 0.6 is 0 Å². The standard InChI is InChI=1S/C15H12N2O2/c16-12-9-14(15(18)8-10-4-3-7-19-10)17-13-6-2-1-5-11(12)13/h1-7,9H,8H2,(H2,16,17). The number of hydrogen-bond donors (Lipinski definition) is 1. The molecule has 0 fully saturated rings. The van der Waals surface area contributed by atoms with Gasteiger partial charge in [0.25, 0.3) is 0 Å². The van der Waals surface area contributed by atoms with E-state index in [1.807, 2.05) is 24.3 Å². The first-order chi connectivity index (χ1) is 9.24. The molecule has 2 heterocycles. The van der Waals surface area contributed by atoms with E-state index in [2.05, 4.69) is 4.98 Å². The van der Waals surface area contributed by atoms with Crippen LogP contribution in [0.15, 0.2) is 53.1 Å². The molecule has 0 saturated carbocycles. The summed E-state index contributed by atoms with van der Waals surface area (Å²) in [6, 6.07) is 12.6. The molecule has 0 amide bonds. The van der Waals surface area contributed by atoms with Gasteiger partial charge in [-0.1, -0.05) is 18.2 Å². The first-order valence-corrected chi connectivity index (χ1v) is 5.95. The van der Waals surface area contributed by atoms with Crippen molar-refractivity contribution in [3.8, 4) is 0 Å². The number of ketones is 1. The Labute approximate surface area is 109 Å². The second-order valence-electron chi connectivity index (χ2n) is 4.29. The zero-order valence-corrected chi connectivity index (χ0v) is 10.2. The van der Waals surface area contributed by atoms with Crippen LogP contribution in [0.5, 0.6) is 0 Å². The fraction of sp³-hybridized carbons (Fsp3) is 0.0667. The van der Waals surface area contributed by atoms with Crippen molar-refractivity contribution in [3.63, 3.8) is 0 Å². The van der Waals surface area contributed by atoms with E-state index in [1.165, 1.54) is 0 Å². The molecule has 2 aromatic heterocycles. The molecular weight excluding hydrogens is 240 g/mol. The molecule has 2 N–H and O–H groups in total. The van der Waals surface area contributed by atoms with Gasteiger partial charge in [0.05, 0.1) is 18.2 Å². The molecule has 0 aliphatic carbocycles. The van der Waals surface area contributed by atoms with Gasteiger partial charge in [-0.3, -0.25) is 4.79 Å². The van der Waals surface area contributed by atoms with Gasteiger partial charge < -0.3 is 10.2 Å². The number of hydrogen-bond acceptors (Lipinski definition) is 4. The van der Waals surface area contributed by atoms with Gasteiger partial charge in [-0.25, -0.2) is 4.98 Å². The Morgan fingerprint density at radius 3 is 2.84 bits per heavy atom. The van der Waals surface area contributed by atoms with Crippen LogP contribution in [0.2, 0.25) is 0 Å². The Morgan fingerprint density at radius 2 is 2.05 bits per heavy atom. The predicted octanol–water partition coefficient (Wildman–Crippen LogP) is 2.84. The van der Waals surface area contributed by atoms with Crippen molar-refractivity contribution in [2.45, 2.75) is 6.42 Å². The van der Waals surface area contributed by atoms with E-state index in [0.29, 0.717) is 17.1 Å². The largest absolute Gasteiger partial charge is 0.469 e. The average Bonchev–Trinajstić information content (AvgIpc) is 2.91. The summed E-state index contributed by atoms with van der Waals surface area (Å²) in [4.78, 5) is 16.5. The minimum Gasteiger partial charge on any atom is -0.469 e. The minimum absolute atomic E-state index is 0.104. The Kier molecular flexibility index (Phi) is 2.76. The average molecular weight is 252 g/mol. The number of benzene rings is 1. The molecule has 0 spiro atoms. The third kappa shape index (κ3) is 2.20. The number of anilines is 1. The highest BCUT2D eigenvalue weighted by molar-refractivity contribution is 6.00. The number of nitrogens with zero attached hydrogens (tertiary/aromatic N) is 1. The zero-order valence-electron chi connectivity index (χ0n) is 10.2. The number of rotatable bonds is 3. The van der Waals surface area contributed by atoms with Crippen molar-refractivity contribution in [1.29, 1.82) is 0 Å². The fourth-order valence-corrected chi connectivity index (χ4v) is 2.01.